The number of halogens is 1. The van der Waals surface area contributed by atoms with Crippen molar-refractivity contribution in [2.75, 3.05) is 30.3 Å². The van der Waals surface area contributed by atoms with Gasteiger partial charge >= 0.3 is 0 Å². The van der Waals surface area contributed by atoms with Gasteiger partial charge in [0.05, 0.1) is 17.2 Å². The summed E-state index contributed by atoms with van der Waals surface area (Å²) >= 11 is 1.48. The van der Waals surface area contributed by atoms with E-state index in [1.807, 2.05) is 50.4 Å². The minimum atomic E-state index is -4.27. The van der Waals surface area contributed by atoms with Gasteiger partial charge < -0.3 is 15.0 Å². The zero-order valence-electron chi connectivity index (χ0n) is 26.8. The lowest BCUT2D eigenvalue weighted by atomic mass is 10.0. The van der Waals surface area contributed by atoms with Gasteiger partial charge in [-0.15, -0.1) is 11.8 Å². The molecular formula is C36H40FN3O5S2. The first kappa shape index (κ1) is 35.5. The highest BCUT2D eigenvalue weighted by Gasteiger charge is 2.35. The summed E-state index contributed by atoms with van der Waals surface area (Å²) in [6, 6.07) is 27.0. The quantitative estimate of drug-likeness (QED) is 0.140. The standard InChI is InChI=1S/C36H40FN3O5S2/c1-4-23-38-36(42)34(24-27-11-7-6-8-12-27)39(25-28-13-9-10-14-33(28)37)35(41)26-40(29-15-17-30(18-16-29)45-5-2)47(43,44)32-21-19-31(46-3)20-22-32/h6-22,34H,4-5,23-26H2,1-3H3,(H,38,42)/t34-/m0/s1. The molecule has 11 heteroatoms. The van der Waals surface area contributed by atoms with E-state index in [1.54, 1.807) is 54.6 Å². The van der Waals surface area contributed by atoms with Gasteiger partial charge in [0.2, 0.25) is 11.8 Å². The largest absolute Gasteiger partial charge is 0.494 e. The molecule has 0 saturated heterocycles. The van der Waals surface area contributed by atoms with Crippen molar-refractivity contribution >= 4 is 39.3 Å². The maximum absolute atomic E-state index is 15.0. The van der Waals surface area contributed by atoms with E-state index >= 15 is 4.39 Å². The average molecular weight is 678 g/mol. The number of nitrogens with one attached hydrogen (secondary N) is 1. The number of ether oxygens (including phenoxy) is 1. The summed E-state index contributed by atoms with van der Waals surface area (Å²) in [5.74, 6) is -1.08. The molecule has 0 heterocycles. The molecule has 1 atom stereocenters. The van der Waals surface area contributed by atoms with Gasteiger partial charge in [0.15, 0.2) is 0 Å². The smallest absolute Gasteiger partial charge is 0.264 e. The van der Waals surface area contributed by atoms with Crippen LogP contribution in [0.4, 0.5) is 10.1 Å². The number of hydrogen-bond donors (Lipinski definition) is 1. The van der Waals surface area contributed by atoms with Crippen LogP contribution < -0.4 is 14.4 Å². The van der Waals surface area contributed by atoms with E-state index in [2.05, 4.69) is 5.32 Å². The molecule has 0 aliphatic carbocycles. The Bertz CT molecular complexity index is 1720. The molecule has 47 heavy (non-hydrogen) atoms. The molecule has 4 aromatic carbocycles. The van der Waals surface area contributed by atoms with Crippen LogP contribution in [0.15, 0.2) is 113 Å². The van der Waals surface area contributed by atoms with Gasteiger partial charge in [-0.2, -0.15) is 0 Å². The number of carbonyl (C=O) groups excluding carboxylic acids is 2. The summed E-state index contributed by atoms with van der Waals surface area (Å²) in [6.07, 6.45) is 2.70. The van der Waals surface area contributed by atoms with Crippen LogP contribution in [0.25, 0.3) is 0 Å². The van der Waals surface area contributed by atoms with Crippen LogP contribution in [0.2, 0.25) is 0 Å². The molecule has 8 nitrogen and oxygen atoms in total. The summed E-state index contributed by atoms with van der Waals surface area (Å²) in [4.78, 5) is 30.4. The number of nitrogens with zero attached hydrogens (tertiary/aromatic N) is 2. The second kappa shape index (κ2) is 17.0. The normalized spacial score (nSPS) is 11.8. The second-order valence-corrected chi connectivity index (χ2v) is 13.5. The zero-order valence-corrected chi connectivity index (χ0v) is 28.4. The van der Waals surface area contributed by atoms with Crippen molar-refractivity contribution in [2.45, 2.75) is 49.1 Å². The molecule has 4 rings (SSSR count). The minimum Gasteiger partial charge on any atom is -0.494 e. The minimum absolute atomic E-state index is 0.000775. The van der Waals surface area contributed by atoms with Crippen LogP contribution in [0, 0.1) is 5.82 Å². The van der Waals surface area contributed by atoms with Crippen LogP contribution in [0.3, 0.4) is 0 Å². The van der Waals surface area contributed by atoms with E-state index in [1.165, 1.54) is 34.9 Å². The number of carbonyl (C=O) groups is 2. The van der Waals surface area contributed by atoms with Crippen LogP contribution in [0.5, 0.6) is 5.75 Å². The Morgan fingerprint density at radius 1 is 0.894 bits per heavy atom. The summed E-state index contributed by atoms with van der Waals surface area (Å²) in [5.41, 5.74) is 1.22. The Labute approximate surface area is 281 Å². The van der Waals surface area contributed by atoms with Crippen molar-refractivity contribution < 1.29 is 27.1 Å². The van der Waals surface area contributed by atoms with E-state index in [4.69, 9.17) is 4.74 Å². The summed E-state index contributed by atoms with van der Waals surface area (Å²) in [7, 11) is -4.27. The topological polar surface area (TPSA) is 96.0 Å². The fraction of sp³-hybridized carbons (Fsp3) is 0.278. The number of anilines is 1. The molecule has 0 spiro atoms. The monoisotopic (exact) mass is 677 g/mol. The lowest BCUT2D eigenvalue weighted by molar-refractivity contribution is -0.140. The molecule has 0 unspecified atom stereocenters. The van der Waals surface area contributed by atoms with Gasteiger partial charge in [-0.05, 0) is 79.8 Å². The van der Waals surface area contributed by atoms with Crippen molar-refractivity contribution in [2.24, 2.45) is 0 Å². The highest BCUT2D eigenvalue weighted by Crippen LogP contribution is 2.28. The predicted octanol–water partition coefficient (Wildman–Crippen LogP) is 6.31. The highest BCUT2D eigenvalue weighted by molar-refractivity contribution is 7.98. The highest BCUT2D eigenvalue weighted by atomic mass is 32.2. The third kappa shape index (κ3) is 9.36. The zero-order chi connectivity index (χ0) is 33.8. The first-order valence-corrected chi connectivity index (χ1v) is 18.1. The number of benzene rings is 4. The Kier molecular flexibility index (Phi) is 12.8. The van der Waals surface area contributed by atoms with Gasteiger partial charge in [0, 0.05) is 30.0 Å². The molecule has 1 N–H and O–H groups in total. The lowest BCUT2D eigenvalue weighted by Gasteiger charge is -2.34. The van der Waals surface area contributed by atoms with Crippen LogP contribution >= 0.6 is 11.8 Å². The predicted molar refractivity (Wildman–Crippen MR) is 185 cm³/mol. The molecule has 0 radical (unpaired) electrons. The molecule has 0 aromatic heterocycles. The van der Waals surface area contributed by atoms with E-state index in [9.17, 15) is 18.0 Å². The maximum Gasteiger partial charge on any atom is 0.264 e. The molecule has 0 fully saturated rings. The van der Waals surface area contributed by atoms with Crippen molar-refractivity contribution in [3.63, 3.8) is 0 Å². The number of sulfonamides is 1. The number of rotatable bonds is 16. The van der Waals surface area contributed by atoms with Gasteiger partial charge in [0.1, 0.15) is 24.2 Å². The number of amides is 2. The summed E-state index contributed by atoms with van der Waals surface area (Å²) in [5, 5.41) is 2.88. The molecule has 4 aromatic rings. The van der Waals surface area contributed by atoms with Crippen LogP contribution in [-0.2, 0) is 32.6 Å². The number of hydrogen-bond acceptors (Lipinski definition) is 6. The third-order valence-corrected chi connectivity index (χ3v) is 10.0. The second-order valence-electron chi connectivity index (χ2n) is 10.7. The van der Waals surface area contributed by atoms with E-state index < -0.39 is 40.2 Å². The Morgan fingerprint density at radius 2 is 1.55 bits per heavy atom. The Morgan fingerprint density at radius 3 is 2.17 bits per heavy atom. The van der Waals surface area contributed by atoms with Crippen molar-refractivity contribution in [3.05, 3.63) is 120 Å². The molecule has 248 valence electrons. The van der Waals surface area contributed by atoms with Gasteiger partial charge in [-0.1, -0.05) is 55.5 Å². The molecule has 0 aliphatic heterocycles. The third-order valence-electron chi connectivity index (χ3n) is 7.48. The van der Waals surface area contributed by atoms with Gasteiger partial charge in [0.25, 0.3) is 10.0 Å². The fourth-order valence-electron chi connectivity index (χ4n) is 5.01. The molecule has 0 bridgehead atoms. The summed E-state index contributed by atoms with van der Waals surface area (Å²) in [6.45, 7) is 3.68. The van der Waals surface area contributed by atoms with Crippen LogP contribution in [0.1, 0.15) is 31.4 Å². The summed E-state index contributed by atoms with van der Waals surface area (Å²) < 4.78 is 50.1. The van der Waals surface area contributed by atoms with Crippen molar-refractivity contribution in [3.8, 4) is 5.75 Å². The fourth-order valence-corrected chi connectivity index (χ4v) is 6.83. The molecular weight excluding hydrogens is 638 g/mol. The number of thioether (sulfide) groups is 1. The Balaban J connectivity index is 1.80. The average Bonchev–Trinajstić information content (AvgIpc) is 3.09. The van der Waals surface area contributed by atoms with E-state index in [0.29, 0.717) is 25.3 Å². The van der Waals surface area contributed by atoms with Gasteiger partial charge in [-0.25, -0.2) is 12.8 Å². The SMILES string of the molecule is CCCNC(=O)[C@H](Cc1ccccc1)N(Cc1ccccc1F)C(=O)CN(c1ccc(OCC)cc1)S(=O)(=O)c1ccc(SC)cc1. The molecule has 0 aliphatic rings. The van der Waals surface area contributed by atoms with E-state index in [0.717, 1.165) is 14.8 Å². The molecule has 2 amide bonds. The molecule has 0 saturated carbocycles. The van der Waals surface area contributed by atoms with Crippen LogP contribution in [-0.4, -0.2) is 57.1 Å². The van der Waals surface area contributed by atoms with Crippen molar-refractivity contribution in [1.29, 1.82) is 0 Å². The maximum atomic E-state index is 15.0. The van der Waals surface area contributed by atoms with Gasteiger partial charge in [-0.3, -0.25) is 13.9 Å². The first-order valence-electron chi connectivity index (χ1n) is 15.4. The van der Waals surface area contributed by atoms with E-state index in [-0.39, 0.29) is 29.1 Å². The Hall–Kier alpha value is -4.35. The first-order chi connectivity index (χ1) is 22.7. The van der Waals surface area contributed by atoms with Crippen molar-refractivity contribution in [1.82, 2.24) is 10.2 Å². The lowest BCUT2D eigenvalue weighted by Crippen LogP contribution is -2.53.